The van der Waals surface area contributed by atoms with Crippen LogP contribution in [0.3, 0.4) is 0 Å². The topological polar surface area (TPSA) is 52.6 Å². The van der Waals surface area contributed by atoms with Crippen LogP contribution in [0.1, 0.15) is 56.1 Å². The van der Waals surface area contributed by atoms with Gasteiger partial charge in [0.2, 0.25) is 5.91 Å². The molecular formula is C20H33N5O. The van der Waals surface area contributed by atoms with E-state index in [0.717, 1.165) is 69.3 Å². The molecule has 0 spiro atoms. The summed E-state index contributed by atoms with van der Waals surface area (Å²) in [5, 5.41) is 0. The number of aryl methyl sites for hydroxylation is 1. The summed E-state index contributed by atoms with van der Waals surface area (Å²) in [7, 11) is 2.13. The summed E-state index contributed by atoms with van der Waals surface area (Å²) in [4.78, 5) is 28.6. The first-order valence-corrected chi connectivity index (χ1v) is 10.1. The fourth-order valence-corrected chi connectivity index (χ4v) is 4.21. The van der Waals surface area contributed by atoms with Gasteiger partial charge in [-0.1, -0.05) is 0 Å². The molecule has 1 aromatic rings. The Hall–Kier alpha value is -1.69. The second-order valence-corrected chi connectivity index (χ2v) is 7.61. The lowest BCUT2D eigenvalue weighted by molar-refractivity contribution is -0.132. The van der Waals surface area contributed by atoms with E-state index in [2.05, 4.69) is 23.8 Å². The second-order valence-electron chi connectivity index (χ2n) is 7.61. The highest BCUT2D eigenvalue weighted by atomic mass is 16.2. The van der Waals surface area contributed by atoms with Crippen molar-refractivity contribution in [1.29, 1.82) is 0 Å². The molecule has 0 bridgehead atoms. The van der Waals surface area contributed by atoms with Gasteiger partial charge in [0.1, 0.15) is 11.6 Å². The molecule has 0 aliphatic carbocycles. The molecule has 1 amide bonds. The van der Waals surface area contributed by atoms with Gasteiger partial charge in [0.15, 0.2) is 0 Å². The number of fused-ring (bicyclic) bond motifs is 1. The summed E-state index contributed by atoms with van der Waals surface area (Å²) >= 11 is 0. The molecule has 6 heteroatoms. The first-order valence-electron chi connectivity index (χ1n) is 10.1. The molecule has 2 aliphatic rings. The molecule has 2 aliphatic heterocycles. The maximum atomic E-state index is 12.3. The highest BCUT2D eigenvalue weighted by molar-refractivity contribution is 5.78. The molecule has 1 saturated heterocycles. The van der Waals surface area contributed by atoms with Gasteiger partial charge < -0.3 is 9.80 Å². The number of piperidine rings is 1. The second kappa shape index (κ2) is 8.33. The van der Waals surface area contributed by atoms with Crippen molar-refractivity contribution in [3.63, 3.8) is 0 Å². The number of hydrogen-bond acceptors (Lipinski definition) is 5. The van der Waals surface area contributed by atoms with Crippen LogP contribution in [-0.4, -0.2) is 72.0 Å². The van der Waals surface area contributed by atoms with Gasteiger partial charge in [0.05, 0.1) is 6.54 Å². The molecule has 3 heterocycles. The number of rotatable bonds is 5. The Morgan fingerprint density at radius 1 is 1.15 bits per heavy atom. The Bertz CT molecular complexity index is 635. The average molecular weight is 360 g/mol. The van der Waals surface area contributed by atoms with Crippen molar-refractivity contribution in [3.8, 4) is 0 Å². The van der Waals surface area contributed by atoms with Gasteiger partial charge in [0.25, 0.3) is 0 Å². The smallest absolute Gasteiger partial charge is 0.236 e. The Morgan fingerprint density at radius 2 is 1.85 bits per heavy atom. The minimum absolute atomic E-state index is 0.246. The molecule has 0 saturated carbocycles. The van der Waals surface area contributed by atoms with Crippen molar-refractivity contribution in [2.24, 2.45) is 0 Å². The Kier molecular flexibility index (Phi) is 6.12. The van der Waals surface area contributed by atoms with Crippen molar-refractivity contribution in [2.45, 2.75) is 52.4 Å². The molecule has 1 aromatic heterocycles. The standard InChI is InChI=1S/C20H33N5O/c1-5-25(6-2)18(26)14-24-12-9-16(10-13-24)19-21-15(3)17-8-7-11-23(4)20(17)22-19/h16H,5-14H2,1-4H3. The molecule has 6 nitrogen and oxygen atoms in total. The molecule has 0 aromatic carbocycles. The quantitative estimate of drug-likeness (QED) is 0.807. The van der Waals surface area contributed by atoms with Crippen molar-refractivity contribution < 1.29 is 4.79 Å². The predicted octanol–water partition coefficient (Wildman–Crippen LogP) is 2.22. The van der Waals surface area contributed by atoms with Gasteiger partial charge in [-0.15, -0.1) is 0 Å². The van der Waals surface area contributed by atoms with Crippen LogP contribution < -0.4 is 4.90 Å². The summed E-state index contributed by atoms with van der Waals surface area (Å²) < 4.78 is 0. The van der Waals surface area contributed by atoms with Crippen LogP contribution >= 0.6 is 0 Å². The number of amides is 1. The Labute approximate surface area is 157 Å². The van der Waals surface area contributed by atoms with Gasteiger partial charge in [-0.2, -0.15) is 0 Å². The van der Waals surface area contributed by atoms with E-state index in [1.807, 2.05) is 18.7 Å². The molecule has 3 rings (SSSR count). The zero-order valence-electron chi connectivity index (χ0n) is 16.8. The van der Waals surface area contributed by atoms with E-state index in [9.17, 15) is 4.79 Å². The van der Waals surface area contributed by atoms with Crippen LogP contribution in [-0.2, 0) is 11.2 Å². The molecule has 0 radical (unpaired) electrons. The van der Waals surface area contributed by atoms with E-state index in [0.29, 0.717) is 12.5 Å². The highest BCUT2D eigenvalue weighted by Gasteiger charge is 2.27. The maximum absolute atomic E-state index is 12.3. The van der Waals surface area contributed by atoms with Crippen molar-refractivity contribution in [3.05, 3.63) is 17.1 Å². The third kappa shape index (κ3) is 4.00. The molecule has 1 fully saturated rings. The van der Waals surface area contributed by atoms with E-state index in [1.54, 1.807) is 0 Å². The Morgan fingerprint density at radius 3 is 2.50 bits per heavy atom. The summed E-state index contributed by atoms with van der Waals surface area (Å²) in [6.45, 7) is 11.3. The Balaban J connectivity index is 1.63. The minimum atomic E-state index is 0.246. The van der Waals surface area contributed by atoms with Crippen LogP contribution in [0.5, 0.6) is 0 Å². The summed E-state index contributed by atoms with van der Waals surface area (Å²) in [6.07, 6.45) is 4.35. The monoisotopic (exact) mass is 359 g/mol. The number of likely N-dealkylation sites (N-methyl/N-ethyl adjacent to an activating group) is 1. The highest BCUT2D eigenvalue weighted by Crippen LogP contribution is 2.31. The lowest BCUT2D eigenvalue weighted by Crippen LogP contribution is -2.43. The number of aromatic nitrogens is 2. The minimum Gasteiger partial charge on any atom is -0.359 e. The van der Waals surface area contributed by atoms with Crippen LogP contribution in [0.25, 0.3) is 0 Å². The fourth-order valence-electron chi connectivity index (χ4n) is 4.21. The van der Waals surface area contributed by atoms with Gasteiger partial charge in [0, 0.05) is 43.9 Å². The zero-order valence-corrected chi connectivity index (χ0v) is 16.8. The zero-order chi connectivity index (χ0) is 18.7. The van der Waals surface area contributed by atoms with E-state index in [1.165, 1.54) is 12.0 Å². The molecule has 0 N–H and O–H groups in total. The third-order valence-corrected chi connectivity index (χ3v) is 5.92. The maximum Gasteiger partial charge on any atom is 0.236 e. The van der Waals surface area contributed by atoms with Crippen molar-refractivity contribution >= 4 is 11.7 Å². The number of anilines is 1. The molecule has 0 atom stereocenters. The van der Waals surface area contributed by atoms with Gasteiger partial charge >= 0.3 is 0 Å². The number of likely N-dealkylation sites (tertiary alicyclic amines) is 1. The van der Waals surface area contributed by atoms with E-state index >= 15 is 0 Å². The lowest BCUT2D eigenvalue weighted by Gasteiger charge is -2.33. The summed E-state index contributed by atoms with van der Waals surface area (Å²) in [6, 6.07) is 0. The summed E-state index contributed by atoms with van der Waals surface area (Å²) in [5.41, 5.74) is 2.47. The van der Waals surface area contributed by atoms with Gasteiger partial charge in [-0.25, -0.2) is 9.97 Å². The lowest BCUT2D eigenvalue weighted by atomic mass is 9.95. The molecular weight excluding hydrogens is 326 g/mol. The largest absolute Gasteiger partial charge is 0.359 e. The van der Waals surface area contributed by atoms with E-state index in [-0.39, 0.29) is 5.91 Å². The van der Waals surface area contributed by atoms with Gasteiger partial charge in [-0.05, 0) is 59.5 Å². The third-order valence-electron chi connectivity index (χ3n) is 5.92. The van der Waals surface area contributed by atoms with Crippen LogP contribution in [0.2, 0.25) is 0 Å². The normalized spacial score (nSPS) is 18.7. The summed E-state index contributed by atoms with van der Waals surface area (Å²) in [5.74, 6) is 2.80. The number of carbonyl (C=O) groups excluding carboxylic acids is 1. The van der Waals surface area contributed by atoms with Crippen LogP contribution in [0.15, 0.2) is 0 Å². The van der Waals surface area contributed by atoms with Gasteiger partial charge in [-0.3, -0.25) is 9.69 Å². The molecule has 0 unspecified atom stereocenters. The number of hydrogen-bond donors (Lipinski definition) is 0. The van der Waals surface area contributed by atoms with E-state index in [4.69, 9.17) is 9.97 Å². The van der Waals surface area contributed by atoms with E-state index < -0.39 is 0 Å². The SMILES string of the molecule is CCN(CC)C(=O)CN1CCC(c2nc(C)c3c(n2)N(C)CCC3)CC1. The molecule has 26 heavy (non-hydrogen) atoms. The fraction of sp³-hybridized carbons (Fsp3) is 0.750. The molecule has 144 valence electrons. The average Bonchev–Trinajstić information content (AvgIpc) is 2.64. The van der Waals surface area contributed by atoms with Crippen molar-refractivity contribution in [1.82, 2.24) is 19.8 Å². The van der Waals surface area contributed by atoms with Crippen LogP contribution in [0, 0.1) is 6.92 Å². The first kappa shape index (κ1) is 19.1. The van der Waals surface area contributed by atoms with Crippen LogP contribution in [0.4, 0.5) is 5.82 Å². The predicted molar refractivity (Wildman–Crippen MR) is 105 cm³/mol. The first-order chi connectivity index (χ1) is 12.5. The number of carbonyl (C=O) groups is 1. The number of nitrogens with zero attached hydrogens (tertiary/aromatic N) is 5. The van der Waals surface area contributed by atoms with Crippen molar-refractivity contribution in [2.75, 3.05) is 51.2 Å².